The van der Waals surface area contributed by atoms with Crippen molar-refractivity contribution in [3.8, 4) is 11.1 Å². The Morgan fingerprint density at radius 2 is 1.88 bits per heavy atom. The number of anilines is 2. The van der Waals surface area contributed by atoms with Crippen LogP contribution in [0, 0.1) is 5.92 Å². The van der Waals surface area contributed by atoms with Crippen molar-refractivity contribution in [3.63, 3.8) is 0 Å². The van der Waals surface area contributed by atoms with E-state index < -0.39 is 0 Å². The highest BCUT2D eigenvalue weighted by molar-refractivity contribution is 7.26. The summed E-state index contributed by atoms with van der Waals surface area (Å²) in [6.45, 7) is 4.54. The summed E-state index contributed by atoms with van der Waals surface area (Å²) in [6.07, 6.45) is 3.76. The second-order valence-corrected chi connectivity index (χ2v) is 11.8. The first-order chi connectivity index (χ1) is 19.5. The first kappa shape index (κ1) is 25.2. The summed E-state index contributed by atoms with van der Waals surface area (Å²) in [6, 6.07) is 18.0. The van der Waals surface area contributed by atoms with Crippen LogP contribution >= 0.6 is 11.3 Å². The molecule has 0 spiro atoms. The number of hydrogen-bond acceptors (Lipinski definition) is 7. The van der Waals surface area contributed by atoms with Crippen LogP contribution < -0.4 is 15.8 Å². The number of amides is 1. The van der Waals surface area contributed by atoms with Gasteiger partial charge in [-0.15, -0.1) is 11.3 Å². The van der Waals surface area contributed by atoms with Crippen molar-refractivity contribution in [1.29, 1.82) is 0 Å². The molecule has 9 heteroatoms. The summed E-state index contributed by atoms with van der Waals surface area (Å²) in [5.41, 5.74) is 3.33. The second kappa shape index (κ2) is 10.3. The fraction of sp³-hybridized carbons (Fsp3) is 0.323. The van der Waals surface area contributed by atoms with Crippen molar-refractivity contribution in [2.24, 2.45) is 5.92 Å². The number of benzene rings is 2. The zero-order chi connectivity index (χ0) is 27.2. The summed E-state index contributed by atoms with van der Waals surface area (Å²) in [5.74, 6) is 0.799. The number of hydrogen-bond donors (Lipinski definition) is 1. The molecule has 8 nitrogen and oxygen atoms in total. The first-order valence-corrected chi connectivity index (χ1v) is 14.7. The van der Waals surface area contributed by atoms with Gasteiger partial charge in [0.25, 0.3) is 5.56 Å². The van der Waals surface area contributed by atoms with Crippen LogP contribution in [-0.2, 0) is 9.53 Å². The third-order valence-electron chi connectivity index (χ3n) is 8.06. The first-order valence-electron chi connectivity index (χ1n) is 13.9. The highest BCUT2D eigenvalue weighted by Gasteiger charge is 2.24. The standard InChI is InChI=1S/C31H31N5O3S/c1-34-11-3-5-20(19-34)31(38)32-21-9-10-26-25(17-21)23-7-2-6-22(29(23)40-26)24-8-4-12-36-28(37)18-27(33-30(24)36)35-13-15-39-16-14-35/h2,4,6-10,12,17-18,20H,3,5,11,13-16,19H2,1H3,(H,32,38). The SMILES string of the molecule is CN1CCCC(C(=O)Nc2ccc3sc4c(-c5cccn6c(=O)cc(N7CCOCC7)nc56)cccc4c3c2)C1. The lowest BCUT2D eigenvalue weighted by atomic mass is 9.97. The molecule has 2 aromatic carbocycles. The smallest absolute Gasteiger partial charge is 0.259 e. The fourth-order valence-electron chi connectivity index (χ4n) is 5.99. The third kappa shape index (κ3) is 4.54. The normalized spacial score (nSPS) is 18.5. The summed E-state index contributed by atoms with van der Waals surface area (Å²) in [4.78, 5) is 35.4. The third-order valence-corrected chi connectivity index (χ3v) is 9.28. The molecule has 0 bridgehead atoms. The van der Waals surface area contributed by atoms with E-state index in [0.717, 1.165) is 62.9 Å². The number of carbonyl (C=O) groups is 1. The van der Waals surface area contributed by atoms with Crippen molar-refractivity contribution in [3.05, 3.63) is 71.1 Å². The number of aromatic nitrogens is 2. The average molecular weight is 554 g/mol. The van der Waals surface area contributed by atoms with E-state index in [1.165, 1.54) is 0 Å². The van der Waals surface area contributed by atoms with Crippen molar-refractivity contribution in [1.82, 2.24) is 14.3 Å². The molecular formula is C31H31N5O3S. The minimum atomic E-state index is -0.0959. The molecule has 40 heavy (non-hydrogen) atoms. The number of morpholine rings is 1. The Bertz CT molecular complexity index is 1810. The van der Waals surface area contributed by atoms with E-state index in [1.807, 2.05) is 18.2 Å². The Morgan fingerprint density at radius 3 is 2.73 bits per heavy atom. The van der Waals surface area contributed by atoms with E-state index in [9.17, 15) is 9.59 Å². The van der Waals surface area contributed by atoms with Crippen LogP contribution in [0.1, 0.15) is 12.8 Å². The van der Waals surface area contributed by atoms with Crippen LogP contribution in [0.2, 0.25) is 0 Å². The molecule has 5 aromatic rings. The number of pyridine rings is 1. The van der Waals surface area contributed by atoms with Gasteiger partial charge in [-0.05, 0) is 56.8 Å². The number of rotatable bonds is 4. The monoisotopic (exact) mass is 553 g/mol. The molecule has 0 aliphatic carbocycles. The van der Waals surface area contributed by atoms with E-state index in [4.69, 9.17) is 9.72 Å². The second-order valence-electron chi connectivity index (χ2n) is 10.8. The molecule has 5 heterocycles. The van der Waals surface area contributed by atoms with Gasteiger partial charge in [-0.3, -0.25) is 14.0 Å². The van der Waals surface area contributed by atoms with Gasteiger partial charge in [0.05, 0.1) is 19.1 Å². The quantitative estimate of drug-likeness (QED) is 0.343. The van der Waals surface area contributed by atoms with Gasteiger partial charge in [-0.1, -0.05) is 18.2 Å². The van der Waals surface area contributed by atoms with Crippen LogP contribution in [0.3, 0.4) is 0 Å². The predicted molar refractivity (Wildman–Crippen MR) is 162 cm³/mol. The lowest BCUT2D eigenvalue weighted by Gasteiger charge is -2.28. The molecule has 2 aliphatic rings. The number of carbonyl (C=O) groups excluding carboxylic acids is 1. The molecule has 2 saturated heterocycles. The Balaban J connectivity index is 1.30. The molecule has 3 aromatic heterocycles. The van der Waals surface area contributed by atoms with Gasteiger partial charge in [0.15, 0.2) is 0 Å². The van der Waals surface area contributed by atoms with Crippen molar-refractivity contribution >= 4 is 54.6 Å². The van der Waals surface area contributed by atoms with Crippen LogP contribution in [0.15, 0.2) is 65.6 Å². The number of piperidine rings is 1. The number of ether oxygens (including phenoxy) is 1. The number of nitrogens with one attached hydrogen (secondary N) is 1. The van der Waals surface area contributed by atoms with Crippen molar-refractivity contribution < 1.29 is 9.53 Å². The lowest BCUT2D eigenvalue weighted by Crippen LogP contribution is -2.38. The number of thiophene rings is 1. The fourth-order valence-corrected chi connectivity index (χ4v) is 7.20. The maximum Gasteiger partial charge on any atom is 0.259 e. The molecule has 204 valence electrons. The Labute approximate surface area is 235 Å². The molecule has 1 unspecified atom stereocenters. The van der Waals surface area contributed by atoms with Gasteiger partial charge in [0.2, 0.25) is 5.91 Å². The van der Waals surface area contributed by atoms with Gasteiger partial charge >= 0.3 is 0 Å². The molecule has 7 rings (SSSR count). The highest BCUT2D eigenvalue weighted by atomic mass is 32.1. The Kier molecular flexibility index (Phi) is 6.50. The molecule has 1 N–H and O–H groups in total. The summed E-state index contributed by atoms with van der Waals surface area (Å²) >= 11 is 1.72. The van der Waals surface area contributed by atoms with Gasteiger partial charge in [-0.2, -0.15) is 0 Å². The number of likely N-dealkylation sites (tertiary alicyclic amines) is 1. The molecule has 2 aliphatic heterocycles. The average Bonchev–Trinajstić information content (AvgIpc) is 3.35. The number of nitrogens with zero attached hydrogens (tertiary/aromatic N) is 4. The summed E-state index contributed by atoms with van der Waals surface area (Å²) in [7, 11) is 2.08. The highest BCUT2D eigenvalue weighted by Crippen LogP contribution is 2.41. The Morgan fingerprint density at radius 1 is 1.02 bits per heavy atom. The van der Waals surface area contributed by atoms with Crippen LogP contribution in [0.5, 0.6) is 0 Å². The van der Waals surface area contributed by atoms with Gasteiger partial charge in [0, 0.05) is 68.9 Å². The van der Waals surface area contributed by atoms with Crippen molar-refractivity contribution in [2.45, 2.75) is 12.8 Å². The molecular weight excluding hydrogens is 522 g/mol. The Hall–Kier alpha value is -3.79. The summed E-state index contributed by atoms with van der Waals surface area (Å²) in [5, 5.41) is 5.41. The minimum Gasteiger partial charge on any atom is -0.378 e. The van der Waals surface area contributed by atoms with Crippen LogP contribution in [0.4, 0.5) is 11.5 Å². The topological polar surface area (TPSA) is 79.2 Å². The van der Waals surface area contributed by atoms with E-state index in [-0.39, 0.29) is 17.4 Å². The van der Waals surface area contributed by atoms with Crippen molar-refractivity contribution in [2.75, 3.05) is 56.7 Å². The van der Waals surface area contributed by atoms with Gasteiger partial charge < -0.3 is 19.9 Å². The van der Waals surface area contributed by atoms with Gasteiger partial charge in [-0.25, -0.2) is 4.98 Å². The van der Waals surface area contributed by atoms with Gasteiger partial charge in [0.1, 0.15) is 11.5 Å². The van der Waals surface area contributed by atoms with Crippen LogP contribution in [0.25, 0.3) is 36.9 Å². The minimum absolute atomic E-state index is 0.0184. The molecule has 2 fully saturated rings. The predicted octanol–water partition coefficient (Wildman–Crippen LogP) is 4.85. The molecule has 0 saturated carbocycles. The van der Waals surface area contributed by atoms with Crippen LogP contribution in [-0.4, -0.2) is 66.6 Å². The van der Waals surface area contributed by atoms with E-state index >= 15 is 0 Å². The largest absolute Gasteiger partial charge is 0.378 e. The molecule has 0 radical (unpaired) electrons. The van der Waals surface area contributed by atoms with E-state index in [2.05, 4.69) is 52.5 Å². The zero-order valence-electron chi connectivity index (χ0n) is 22.4. The zero-order valence-corrected chi connectivity index (χ0v) is 23.2. The molecule has 1 amide bonds. The summed E-state index contributed by atoms with van der Waals surface area (Å²) < 4.78 is 9.41. The maximum atomic E-state index is 13.1. The van der Waals surface area contributed by atoms with E-state index in [1.54, 1.807) is 28.0 Å². The lowest BCUT2D eigenvalue weighted by molar-refractivity contribution is -0.121. The maximum absolute atomic E-state index is 13.1. The van der Waals surface area contributed by atoms with E-state index in [0.29, 0.717) is 37.8 Å². The molecule has 1 atom stereocenters. The number of fused-ring (bicyclic) bond motifs is 4.